The Morgan fingerprint density at radius 2 is 1.67 bits per heavy atom. The van der Waals surface area contributed by atoms with Crippen LogP contribution in [0.15, 0.2) is 54.6 Å². The third kappa shape index (κ3) is 4.73. The van der Waals surface area contributed by atoms with Crippen molar-refractivity contribution >= 4 is 23.2 Å². The molecule has 0 heterocycles. The predicted octanol–water partition coefficient (Wildman–Crippen LogP) is 4.62. The SMILES string of the molecule is CCN(C(=O)C1CCC(C(=O)Nc2cccc(F)c2)CC1)c1ccccc1. The Labute approximate surface area is 159 Å². The summed E-state index contributed by atoms with van der Waals surface area (Å²) in [6.07, 6.45) is 2.74. The number of anilines is 2. The van der Waals surface area contributed by atoms with Gasteiger partial charge in [0.1, 0.15) is 5.82 Å². The maximum Gasteiger partial charge on any atom is 0.230 e. The molecule has 1 aliphatic carbocycles. The predicted molar refractivity (Wildman–Crippen MR) is 105 cm³/mol. The molecule has 0 bridgehead atoms. The second-order valence-electron chi connectivity index (χ2n) is 6.97. The Morgan fingerprint density at radius 3 is 2.30 bits per heavy atom. The zero-order valence-electron chi connectivity index (χ0n) is 15.5. The standard InChI is InChI=1S/C22H25FN2O2/c1-2-25(20-9-4-3-5-10-20)22(27)17-13-11-16(12-14-17)21(26)24-19-8-6-7-18(23)15-19/h3-10,15-17H,2,11-14H2,1H3,(H,24,26). The molecule has 2 aromatic carbocycles. The summed E-state index contributed by atoms with van der Waals surface area (Å²) < 4.78 is 13.3. The molecule has 1 fully saturated rings. The van der Waals surface area contributed by atoms with Crippen LogP contribution < -0.4 is 10.2 Å². The summed E-state index contributed by atoms with van der Waals surface area (Å²) in [5, 5.41) is 2.78. The molecule has 0 radical (unpaired) electrons. The van der Waals surface area contributed by atoms with Gasteiger partial charge >= 0.3 is 0 Å². The van der Waals surface area contributed by atoms with Gasteiger partial charge in [0, 0.05) is 29.8 Å². The fourth-order valence-corrected chi connectivity index (χ4v) is 3.71. The van der Waals surface area contributed by atoms with Crippen LogP contribution in [0.2, 0.25) is 0 Å². The molecule has 0 unspecified atom stereocenters. The lowest BCUT2D eigenvalue weighted by Gasteiger charge is -2.31. The van der Waals surface area contributed by atoms with Crippen molar-refractivity contribution in [1.82, 2.24) is 0 Å². The van der Waals surface area contributed by atoms with Crippen molar-refractivity contribution in [2.75, 3.05) is 16.8 Å². The lowest BCUT2D eigenvalue weighted by atomic mass is 9.80. The topological polar surface area (TPSA) is 49.4 Å². The van der Waals surface area contributed by atoms with E-state index < -0.39 is 0 Å². The summed E-state index contributed by atoms with van der Waals surface area (Å²) in [5.74, 6) is -0.523. The molecule has 1 saturated carbocycles. The van der Waals surface area contributed by atoms with Crippen molar-refractivity contribution < 1.29 is 14.0 Å². The van der Waals surface area contributed by atoms with Gasteiger partial charge in [0.05, 0.1) is 0 Å². The molecule has 5 heteroatoms. The molecule has 142 valence electrons. The third-order valence-electron chi connectivity index (χ3n) is 5.19. The summed E-state index contributed by atoms with van der Waals surface area (Å²) >= 11 is 0. The van der Waals surface area contributed by atoms with Gasteiger partial charge in [0.2, 0.25) is 11.8 Å². The van der Waals surface area contributed by atoms with Crippen molar-refractivity contribution in [2.24, 2.45) is 11.8 Å². The van der Waals surface area contributed by atoms with E-state index in [9.17, 15) is 14.0 Å². The van der Waals surface area contributed by atoms with E-state index in [0.717, 1.165) is 5.69 Å². The number of para-hydroxylation sites is 1. The number of amides is 2. The van der Waals surface area contributed by atoms with Gasteiger partial charge in [-0.05, 0) is 62.9 Å². The highest BCUT2D eigenvalue weighted by Crippen LogP contribution is 2.32. The van der Waals surface area contributed by atoms with Crippen LogP contribution in [-0.4, -0.2) is 18.4 Å². The van der Waals surface area contributed by atoms with E-state index in [1.54, 1.807) is 12.1 Å². The largest absolute Gasteiger partial charge is 0.326 e. The molecule has 2 amide bonds. The maximum absolute atomic E-state index is 13.3. The highest BCUT2D eigenvalue weighted by atomic mass is 19.1. The van der Waals surface area contributed by atoms with E-state index in [2.05, 4.69) is 5.32 Å². The molecule has 0 spiro atoms. The first-order valence-electron chi connectivity index (χ1n) is 9.51. The Morgan fingerprint density at radius 1 is 1.00 bits per heavy atom. The van der Waals surface area contributed by atoms with Gasteiger partial charge in [-0.1, -0.05) is 24.3 Å². The fraction of sp³-hybridized carbons (Fsp3) is 0.364. The van der Waals surface area contributed by atoms with Gasteiger partial charge in [0.15, 0.2) is 0 Å². The molecule has 3 rings (SSSR count). The maximum atomic E-state index is 13.3. The van der Waals surface area contributed by atoms with Crippen LogP contribution in [0.4, 0.5) is 15.8 Å². The summed E-state index contributed by atoms with van der Waals surface area (Å²) in [5.41, 5.74) is 1.38. The van der Waals surface area contributed by atoms with E-state index in [1.807, 2.05) is 42.2 Å². The molecule has 0 atom stereocenters. The molecule has 0 aliphatic heterocycles. The van der Waals surface area contributed by atoms with Crippen molar-refractivity contribution in [3.8, 4) is 0 Å². The number of halogens is 1. The lowest BCUT2D eigenvalue weighted by Crippen LogP contribution is -2.39. The normalized spacial score (nSPS) is 19.3. The van der Waals surface area contributed by atoms with E-state index in [1.165, 1.54) is 12.1 Å². The Balaban J connectivity index is 1.56. The van der Waals surface area contributed by atoms with Crippen LogP contribution >= 0.6 is 0 Å². The van der Waals surface area contributed by atoms with E-state index in [-0.39, 0.29) is 29.5 Å². The molecule has 0 aromatic heterocycles. The third-order valence-corrected chi connectivity index (χ3v) is 5.19. The van der Waals surface area contributed by atoms with Gasteiger partial charge in [-0.25, -0.2) is 4.39 Å². The number of hydrogen-bond acceptors (Lipinski definition) is 2. The lowest BCUT2D eigenvalue weighted by molar-refractivity contribution is -0.126. The Hall–Kier alpha value is -2.69. The number of carbonyl (C=O) groups excluding carboxylic acids is 2. The number of rotatable bonds is 5. The summed E-state index contributed by atoms with van der Waals surface area (Å²) in [6, 6.07) is 15.6. The summed E-state index contributed by atoms with van der Waals surface area (Å²) in [6.45, 7) is 2.60. The average Bonchev–Trinajstić information content (AvgIpc) is 2.69. The molecule has 4 nitrogen and oxygen atoms in total. The number of hydrogen-bond donors (Lipinski definition) is 1. The fourth-order valence-electron chi connectivity index (χ4n) is 3.71. The first kappa shape index (κ1) is 19.1. The second kappa shape index (κ2) is 8.80. The minimum atomic E-state index is -0.373. The smallest absolute Gasteiger partial charge is 0.230 e. The van der Waals surface area contributed by atoms with Crippen LogP contribution in [0.1, 0.15) is 32.6 Å². The Kier molecular flexibility index (Phi) is 6.22. The minimum absolute atomic E-state index is 0.0524. The molecule has 27 heavy (non-hydrogen) atoms. The van der Waals surface area contributed by atoms with Crippen LogP contribution in [0.5, 0.6) is 0 Å². The number of nitrogens with one attached hydrogen (secondary N) is 1. The van der Waals surface area contributed by atoms with E-state index in [0.29, 0.717) is 37.9 Å². The van der Waals surface area contributed by atoms with Gasteiger partial charge in [-0.3, -0.25) is 9.59 Å². The van der Waals surface area contributed by atoms with Gasteiger partial charge in [-0.15, -0.1) is 0 Å². The highest BCUT2D eigenvalue weighted by Gasteiger charge is 2.32. The minimum Gasteiger partial charge on any atom is -0.326 e. The van der Waals surface area contributed by atoms with E-state index >= 15 is 0 Å². The zero-order chi connectivity index (χ0) is 19.2. The van der Waals surface area contributed by atoms with Crippen molar-refractivity contribution in [3.63, 3.8) is 0 Å². The zero-order valence-corrected chi connectivity index (χ0v) is 15.5. The monoisotopic (exact) mass is 368 g/mol. The van der Waals surface area contributed by atoms with Crippen LogP contribution in [0, 0.1) is 17.7 Å². The average molecular weight is 368 g/mol. The molecular formula is C22H25FN2O2. The van der Waals surface area contributed by atoms with Crippen molar-refractivity contribution in [2.45, 2.75) is 32.6 Å². The summed E-state index contributed by atoms with van der Waals surface area (Å²) in [4.78, 5) is 27.2. The molecule has 1 aliphatic rings. The van der Waals surface area contributed by atoms with Crippen LogP contribution in [0.3, 0.4) is 0 Å². The summed E-state index contributed by atoms with van der Waals surface area (Å²) in [7, 11) is 0. The quantitative estimate of drug-likeness (QED) is 0.837. The van der Waals surface area contributed by atoms with Crippen LogP contribution in [0.25, 0.3) is 0 Å². The van der Waals surface area contributed by atoms with E-state index in [4.69, 9.17) is 0 Å². The van der Waals surface area contributed by atoms with Crippen LogP contribution in [-0.2, 0) is 9.59 Å². The molecule has 0 saturated heterocycles. The van der Waals surface area contributed by atoms with Gasteiger partial charge in [-0.2, -0.15) is 0 Å². The van der Waals surface area contributed by atoms with Crippen molar-refractivity contribution in [3.05, 3.63) is 60.4 Å². The van der Waals surface area contributed by atoms with Crippen molar-refractivity contribution in [1.29, 1.82) is 0 Å². The number of nitrogens with zero attached hydrogens (tertiary/aromatic N) is 1. The van der Waals surface area contributed by atoms with Gasteiger partial charge in [0.25, 0.3) is 0 Å². The number of benzene rings is 2. The molecule has 1 N–H and O–H groups in total. The van der Waals surface area contributed by atoms with Gasteiger partial charge < -0.3 is 10.2 Å². The second-order valence-corrected chi connectivity index (χ2v) is 6.97. The highest BCUT2D eigenvalue weighted by molar-refractivity contribution is 5.96. The first-order valence-corrected chi connectivity index (χ1v) is 9.51. The molecular weight excluding hydrogens is 343 g/mol. The first-order chi connectivity index (χ1) is 13.1. The number of carbonyl (C=O) groups is 2. The Bertz CT molecular complexity index is 786. The molecule has 2 aromatic rings.